The van der Waals surface area contributed by atoms with E-state index in [0.717, 1.165) is 6.42 Å². The van der Waals surface area contributed by atoms with Crippen molar-refractivity contribution in [3.8, 4) is 0 Å². The summed E-state index contributed by atoms with van der Waals surface area (Å²) < 4.78 is 0. The molecule has 19 heavy (non-hydrogen) atoms. The molecule has 0 radical (unpaired) electrons. The van der Waals surface area contributed by atoms with E-state index < -0.39 is 0 Å². The summed E-state index contributed by atoms with van der Waals surface area (Å²) in [5.74, 6) is 0. The molecule has 2 aromatic carbocycles. The second-order valence-electron chi connectivity index (χ2n) is 5.01. The molecular weight excluding hydrogens is 228 g/mol. The fourth-order valence-electron chi connectivity index (χ4n) is 2.99. The molecule has 0 heterocycles. The van der Waals surface area contributed by atoms with Crippen LogP contribution in [0.15, 0.2) is 54.6 Å². The first-order valence-electron chi connectivity index (χ1n) is 6.70. The molecule has 0 heteroatoms. The van der Waals surface area contributed by atoms with Crippen molar-refractivity contribution in [2.24, 2.45) is 0 Å². The summed E-state index contributed by atoms with van der Waals surface area (Å²) in [5, 5.41) is 5.45. The second kappa shape index (κ2) is 4.10. The van der Waals surface area contributed by atoms with Gasteiger partial charge in [-0.15, -0.1) is 0 Å². The Bertz CT molecular complexity index is 874. The first kappa shape index (κ1) is 10.6. The predicted octanol–water partition coefficient (Wildman–Crippen LogP) is 3.10. The summed E-state index contributed by atoms with van der Waals surface area (Å²) >= 11 is 0. The smallest absolute Gasteiger partial charge is 0.00642 e. The Kier molecular flexibility index (Phi) is 2.28. The highest BCUT2D eigenvalue weighted by molar-refractivity contribution is 5.90. The minimum atomic E-state index is 1.03. The van der Waals surface area contributed by atoms with E-state index in [-0.39, 0.29) is 0 Å². The van der Waals surface area contributed by atoms with Crippen LogP contribution in [0.2, 0.25) is 0 Å². The lowest BCUT2D eigenvalue weighted by atomic mass is 9.93. The number of benzene rings is 2. The number of fused-ring (bicyclic) bond motifs is 5. The normalized spacial score (nSPS) is 15.4. The monoisotopic (exact) mass is 242 g/mol. The molecule has 2 aromatic rings. The molecule has 0 atom stereocenters. The molecule has 0 N–H and O–H groups in total. The van der Waals surface area contributed by atoms with Crippen molar-refractivity contribution < 1.29 is 0 Å². The summed E-state index contributed by atoms with van der Waals surface area (Å²) in [6.07, 6.45) is 18.4. The van der Waals surface area contributed by atoms with E-state index in [4.69, 9.17) is 0 Å². The van der Waals surface area contributed by atoms with Crippen molar-refractivity contribution in [2.75, 3.05) is 0 Å². The number of allylic oxidation sites excluding steroid dienone is 5. The van der Waals surface area contributed by atoms with Gasteiger partial charge in [0.25, 0.3) is 0 Å². The van der Waals surface area contributed by atoms with Gasteiger partial charge in [-0.25, -0.2) is 0 Å². The summed E-state index contributed by atoms with van der Waals surface area (Å²) in [6, 6.07) is 8.91. The Morgan fingerprint density at radius 2 is 1.74 bits per heavy atom. The third-order valence-electron chi connectivity index (χ3n) is 3.90. The first-order chi connectivity index (χ1) is 9.43. The van der Waals surface area contributed by atoms with Crippen molar-refractivity contribution in [3.05, 3.63) is 76.2 Å². The van der Waals surface area contributed by atoms with Crippen molar-refractivity contribution in [1.29, 1.82) is 0 Å². The molecule has 2 aliphatic rings. The Balaban J connectivity index is 2.26. The standard InChI is InChI=1S/C19H14/c1-2-6-14-10-12-16-13-11-15-7-4-5-9-18(15)19(16)17(14)8-3-1/h1-8,10-13H,9H2. The van der Waals surface area contributed by atoms with E-state index in [9.17, 15) is 0 Å². The van der Waals surface area contributed by atoms with Gasteiger partial charge in [-0.3, -0.25) is 0 Å². The zero-order valence-corrected chi connectivity index (χ0v) is 10.6. The average Bonchev–Trinajstić information content (AvgIpc) is 2.72. The SMILES string of the molecule is C1=CC=c2c(ccc3ccc4c(c23)CC=CC=4)C=C1. The zero-order chi connectivity index (χ0) is 12.7. The van der Waals surface area contributed by atoms with Crippen molar-refractivity contribution >= 4 is 29.0 Å². The van der Waals surface area contributed by atoms with Crippen LogP contribution < -0.4 is 10.4 Å². The van der Waals surface area contributed by atoms with Gasteiger partial charge in [0.05, 0.1) is 0 Å². The van der Waals surface area contributed by atoms with E-state index in [2.05, 4.69) is 72.9 Å². The molecule has 0 amide bonds. The topological polar surface area (TPSA) is 0 Å². The van der Waals surface area contributed by atoms with Crippen LogP contribution in [0.4, 0.5) is 0 Å². The maximum atomic E-state index is 2.24. The van der Waals surface area contributed by atoms with Crippen LogP contribution in [0.3, 0.4) is 0 Å². The van der Waals surface area contributed by atoms with Crippen LogP contribution >= 0.6 is 0 Å². The highest BCUT2D eigenvalue weighted by Crippen LogP contribution is 2.17. The molecule has 0 aromatic heterocycles. The van der Waals surface area contributed by atoms with Gasteiger partial charge in [0.1, 0.15) is 0 Å². The summed E-state index contributed by atoms with van der Waals surface area (Å²) in [4.78, 5) is 0. The van der Waals surface area contributed by atoms with Gasteiger partial charge >= 0.3 is 0 Å². The fraction of sp³-hybridized carbons (Fsp3) is 0.0526. The van der Waals surface area contributed by atoms with Crippen LogP contribution in [0.25, 0.3) is 29.0 Å². The van der Waals surface area contributed by atoms with E-state index in [1.54, 1.807) is 0 Å². The van der Waals surface area contributed by atoms with E-state index in [1.807, 2.05) is 0 Å². The minimum Gasteiger partial charge on any atom is -0.0801 e. The van der Waals surface area contributed by atoms with Crippen LogP contribution in [-0.2, 0) is 6.42 Å². The predicted molar refractivity (Wildman–Crippen MR) is 83.1 cm³/mol. The van der Waals surface area contributed by atoms with Crippen molar-refractivity contribution in [2.45, 2.75) is 6.42 Å². The molecule has 4 rings (SSSR count). The van der Waals surface area contributed by atoms with Crippen LogP contribution in [0, 0.1) is 0 Å². The quantitative estimate of drug-likeness (QED) is 0.666. The molecule has 0 spiro atoms. The summed E-state index contributed by atoms with van der Waals surface area (Å²) in [6.45, 7) is 0. The van der Waals surface area contributed by atoms with Gasteiger partial charge in [-0.05, 0) is 38.8 Å². The first-order valence-corrected chi connectivity index (χ1v) is 6.70. The maximum Gasteiger partial charge on any atom is -0.00642 e. The lowest BCUT2D eigenvalue weighted by Crippen LogP contribution is -2.17. The summed E-state index contributed by atoms with van der Waals surface area (Å²) in [7, 11) is 0. The Labute approximate surface area is 112 Å². The van der Waals surface area contributed by atoms with Gasteiger partial charge in [0.15, 0.2) is 0 Å². The third-order valence-corrected chi connectivity index (χ3v) is 3.90. The highest BCUT2D eigenvalue weighted by atomic mass is 14.1. The van der Waals surface area contributed by atoms with E-state index >= 15 is 0 Å². The Morgan fingerprint density at radius 3 is 2.74 bits per heavy atom. The van der Waals surface area contributed by atoms with Gasteiger partial charge in [-0.2, -0.15) is 0 Å². The fourth-order valence-corrected chi connectivity index (χ4v) is 2.99. The zero-order valence-electron chi connectivity index (χ0n) is 10.6. The van der Waals surface area contributed by atoms with Crippen LogP contribution in [-0.4, -0.2) is 0 Å². The average molecular weight is 242 g/mol. The largest absolute Gasteiger partial charge is 0.0801 e. The Morgan fingerprint density at radius 1 is 0.789 bits per heavy atom. The van der Waals surface area contributed by atoms with Crippen LogP contribution in [0.1, 0.15) is 11.1 Å². The van der Waals surface area contributed by atoms with Gasteiger partial charge in [0, 0.05) is 0 Å². The lowest BCUT2D eigenvalue weighted by Gasteiger charge is -2.11. The van der Waals surface area contributed by atoms with Gasteiger partial charge in [0.2, 0.25) is 0 Å². The van der Waals surface area contributed by atoms with Gasteiger partial charge < -0.3 is 0 Å². The highest BCUT2D eigenvalue weighted by Gasteiger charge is 2.07. The molecule has 0 aliphatic heterocycles. The summed E-state index contributed by atoms with van der Waals surface area (Å²) in [5.41, 5.74) is 2.76. The van der Waals surface area contributed by atoms with E-state index in [1.165, 1.54) is 32.3 Å². The lowest BCUT2D eigenvalue weighted by molar-refractivity contribution is 1.25. The number of rotatable bonds is 0. The van der Waals surface area contributed by atoms with Crippen molar-refractivity contribution in [1.82, 2.24) is 0 Å². The Hall–Kier alpha value is -2.34. The second-order valence-corrected chi connectivity index (χ2v) is 5.01. The minimum absolute atomic E-state index is 1.03. The number of hydrogen-bond donors (Lipinski definition) is 0. The molecular formula is C19H14. The molecule has 0 fully saturated rings. The molecule has 2 aliphatic carbocycles. The molecule has 90 valence electrons. The van der Waals surface area contributed by atoms with Crippen molar-refractivity contribution in [3.63, 3.8) is 0 Å². The van der Waals surface area contributed by atoms with Crippen LogP contribution in [0.5, 0.6) is 0 Å². The van der Waals surface area contributed by atoms with E-state index in [0.29, 0.717) is 0 Å². The molecule has 0 unspecified atom stereocenters. The van der Waals surface area contributed by atoms with Gasteiger partial charge in [-0.1, -0.05) is 72.9 Å². The number of hydrogen-bond acceptors (Lipinski definition) is 0. The third kappa shape index (κ3) is 1.61. The maximum absolute atomic E-state index is 2.24. The molecule has 0 nitrogen and oxygen atoms in total. The molecule has 0 saturated heterocycles. The molecule has 0 saturated carbocycles. The molecule has 0 bridgehead atoms.